The number of hydrogen-bond donors (Lipinski definition) is 1. The lowest BCUT2D eigenvalue weighted by molar-refractivity contribution is -0.138. The molecular weight excluding hydrogens is 479 g/mol. The van der Waals surface area contributed by atoms with Crippen LogP contribution in [-0.4, -0.2) is 39.1 Å². The lowest BCUT2D eigenvalue weighted by Gasteiger charge is -2.35. The van der Waals surface area contributed by atoms with Crippen LogP contribution in [0.4, 0.5) is 4.39 Å². The molecule has 1 amide bonds. The number of pyridine rings is 1. The third-order valence-electron chi connectivity index (χ3n) is 8.08. The number of benzene rings is 2. The van der Waals surface area contributed by atoms with Gasteiger partial charge in [-0.2, -0.15) is 0 Å². The molecule has 2 aliphatic rings. The Balaban J connectivity index is 1.30. The van der Waals surface area contributed by atoms with Crippen molar-refractivity contribution in [3.8, 4) is 0 Å². The van der Waals surface area contributed by atoms with Gasteiger partial charge in [0.15, 0.2) is 0 Å². The number of halogens is 1. The van der Waals surface area contributed by atoms with Gasteiger partial charge < -0.3 is 19.4 Å². The van der Waals surface area contributed by atoms with E-state index in [1.54, 1.807) is 36.0 Å². The van der Waals surface area contributed by atoms with Gasteiger partial charge in [0.1, 0.15) is 5.82 Å². The number of para-hydroxylation sites is 1. The van der Waals surface area contributed by atoms with Crippen LogP contribution in [-0.2, 0) is 24.9 Å². The zero-order valence-electron chi connectivity index (χ0n) is 21.6. The highest BCUT2D eigenvalue weighted by Crippen LogP contribution is 2.36. The summed E-state index contributed by atoms with van der Waals surface area (Å²) in [5, 5.41) is 4.54. The van der Waals surface area contributed by atoms with E-state index < -0.39 is 0 Å². The number of amides is 1. The summed E-state index contributed by atoms with van der Waals surface area (Å²) in [7, 11) is 1.75. The smallest absolute Gasteiger partial charge is 0.250 e. The minimum absolute atomic E-state index is 0.0215. The molecular formula is C31H33FN4O2. The van der Waals surface area contributed by atoms with Gasteiger partial charge in [0.2, 0.25) is 5.91 Å². The second kappa shape index (κ2) is 10.2. The first kappa shape index (κ1) is 24.6. The summed E-state index contributed by atoms with van der Waals surface area (Å²) in [5.74, 6) is -0.269. The largest absolute Gasteiger partial charge is 0.343 e. The molecule has 1 saturated heterocycles. The highest BCUT2D eigenvalue weighted by atomic mass is 19.1. The number of fused-ring (bicyclic) bond motifs is 1. The minimum Gasteiger partial charge on any atom is -0.343 e. The van der Waals surface area contributed by atoms with E-state index in [0.29, 0.717) is 19.6 Å². The van der Waals surface area contributed by atoms with Gasteiger partial charge in [-0.3, -0.25) is 9.59 Å². The summed E-state index contributed by atoms with van der Waals surface area (Å²) in [6, 6.07) is 18.9. The molecule has 1 aliphatic carbocycles. The highest BCUT2D eigenvalue weighted by molar-refractivity contribution is 5.86. The minimum atomic E-state index is -0.239. The van der Waals surface area contributed by atoms with E-state index in [1.165, 1.54) is 6.07 Å². The van der Waals surface area contributed by atoms with Crippen LogP contribution in [0.25, 0.3) is 10.9 Å². The number of piperidine rings is 1. The molecule has 2 aromatic carbocycles. The summed E-state index contributed by atoms with van der Waals surface area (Å²) in [6.07, 6.45) is 6.78. The Morgan fingerprint density at radius 1 is 1.08 bits per heavy atom. The molecule has 1 saturated carbocycles. The van der Waals surface area contributed by atoms with Gasteiger partial charge in [0, 0.05) is 62.1 Å². The second-order valence-corrected chi connectivity index (χ2v) is 10.7. The average Bonchev–Trinajstić information content (AvgIpc) is 3.72. The van der Waals surface area contributed by atoms with Crippen LogP contribution in [0, 0.1) is 11.7 Å². The number of nitrogens with one attached hydrogen (secondary N) is 1. The Hall–Kier alpha value is -3.71. The van der Waals surface area contributed by atoms with Crippen LogP contribution in [0.3, 0.4) is 0 Å². The van der Waals surface area contributed by atoms with E-state index >= 15 is 0 Å². The van der Waals surface area contributed by atoms with Gasteiger partial charge >= 0.3 is 0 Å². The molecule has 2 atom stereocenters. The quantitative estimate of drug-likeness (QED) is 0.399. The molecule has 3 heterocycles. The maximum absolute atomic E-state index is 14.1. The Morgan fingerprint density at radius 2 is 1.92 bits per heavy atom. The normalized spacial score (nSPS) is 19.5. The third kappa shape index (κ3) is 4.90. The van der Waals surface area contributed by atoms with E-state index in [-0.39, 0.29) is 35.2 Å². The van der Waals surface area contributed by atoms with Crippen LogP contribution in [0.15, 0.2) is 77.9 Å². The maximum Gasteiger partial charge on any atom is 0.250 e. The van der Waals surface area contributed by atoms with Crippen molar-refractivity contribution in [1.82, 2.24) is 19.4 Å². The summed E-state index contributed by atoms with van der Waals surface area (Å²) < 4.78 is 17.6. The first-order valence-electron chi connectivity index (χ1n) is 13.5. The molecule has 196 valence electrons. The average molecular weight is 513 g/mol. The van der Waals surface area contributed by atoms with Crippen molar-refractivity contribution in [2.45, 2.75) is 44.3 Å². The molecule has 1 aliphatic heterocycles. The fourth-order valence-corrected chi connectivity index (χ4v) is 5.89. The number of rotatable bonds is 7. The Labute approximate surface area is 221 Å². The van der Waals surface area contributed by atoms with Crippen molar-refractivity contribution >= 4 is 16.8 Å². The maximum atomic E-state index is 14.1. The molecule has 0 spiro atoms. The Kier molecular flexibility index (Phi) is 6.62. The van der Waals surface area contributed by atoms with Crippen molar-refractivity contribution < 1.29 is 9.18 Å². The first-order chi connectivity index (χ1) is 18.5. The molecule has 7 heteroatoms. The van der Waals surface area contributed by atoms with Gasteiger partial charge in [-0.1, -0.05) is 30.3 Å². The number of aryl methyl sites for hydroxylation is 1. The second-order valence-electron chi connectivity index (χ2n) is 10.7. The van der Waals surface area contributed by atoms with E-state index in [0.717, 1.165) is 53.4 Å². The number of carbonyl (C=O) groups is 1. The van der Waals surface area contributed by atoms with Crippen LogP contribution >= 0.6 is 0 Å². The number of carbonyl (C=O) groups excluding carboxylic acids is 1. The van der Waals surface area contributed by atoms with Crippen molar-refractivity contribution in [2.24, 2.45) is 13.0 Å². The predicted molar refractivity (Wildman–Crippen MR) is 146 cm³/mol. The molecule has 6 rings (SSSR count). The zero-order valence-corrected chi connectivity index (χ0v) is 21.6. The van der Waals surface area contributed by atoms with Crippen molar-refractivity contribution in [3.63, 3.8) is 0 Å². The molecule has 0 radical (unpaired) electrons. The molecule has 2 fully saturated rings. The van der Waals surface area contributed by atoms with Crippen LogP contribution in [0.1, 0.15) is 41.9 Å². The SMILES string of the molecule is Cn1ccc([C@H]2CCNC[C@@H]2C(=O)N(Cc2cn(Cc3cccc(F)c3)c3ccccc23)C2CC2)cc1=O. The highest BCUT2D eigenvalue weighted by Gasteiger charge is 2.40. The first-order valence-corrected chi connectivity index (χ1v) is 13.5. The zero-order chi connectivity index (χ0) is 26.2. The van der Waals surface area contributed by atoms with Gasteiger partial charge in [-0.05, 0) is 72.7 Å². The van der Waals surface area contributed by atoms with E-state index in [9.17, 15) is 14.0 Å². The monoisotopic (exact) mass is 512 g/mol. The predicted octanol–water partition coefficient (Wildman–Crippen LogP) is 4.41. The van der Waals surface area contributed by atoms with E-state index in [4.69, 9.17) is 0 Å². The lowest BCUT2D eigenvalue weighted by atomic mass is 9.80. The summed E-state index contributed by atoms with van der Waals surface area (Å²) in [4.78, 5) is 28.6. The van der Waals surface area contributed by atoms with Crippen molar-refractivity contribution in [1.29, 1.82) is 0 Å². The summed E-state index contributed by atoms with van der Waals surface area (Å²) in [6.45, 7) is 2.55. The standard InChI is InChI=1S/C31H33FN4O2/c1-34-14-12-22(16-30(34)37)26-11-13-33-17-28(26)31(38)36(25-9-10-25)20-23-19-35(29-8-3-2-7-27(23)29)18-21-5-4-6-24(32)15-21/h2-8,12,14-16,19,25-26,28,33H,9-11,13,17-18,20H2,1H3/t26-,28+/m1/s1. The molecule has 0 unspecified atom stereocenters. The van der Waals surface area contributed by atoms with Gasteiger partial charge in [-0.15, -0.1) is 0 Å². The molecule has 6 nitrogen and oxygen atoms in total. The fraction of sp³-hybridized carbons (Fsp3) is 0.355. The topological polar surface area (TPSA) is 59.3 Å². The molecule has 1 N–H and O–H groups in total. The van der Waals surface area contributed by atoms with E-state index in [2.05, 4.69) is 33.1 Å². The summed E-state index contributed by atoms with van der Waals surface area (Å²) >= 11 is 0. The van der Waals surface area contributed by atoms with Crippen molar-refractivity contribution in [2.75, 3.05) is 13.1 Å². The number of nitrogens with zero attached hydrogens (tertiary/aromatic N) is 3. The van der Waals surface area contributed by atoms with Crippen LogP contribution in [0.2, 0.25) is 0 Å². The summed E-state index contributed by atoms with van der Waals surface area (Å²) in [5.41, 5.74) is 3.99. The molecule has 0 bridgehead atoms. The van der Waals surface area contributed by atoms with Gasteiger partial charge in [0.05, 0.1) is 5.92 Å². The van der Waals surface area contributed by atoms with Crippen LogP contribution < -0.4 is 10.9 Å². The number of aromatic nitrogens is 2. The van der Waals surface area contributed by atoms with Crippen LogP contribution in [0.5, 0.6) is 0 Å². The van der Waals surface area contributed by atoms with E-state index in [1.807, 2.05) is 24.3 Å². The van der Waals surface area contributed by atoms with Crippen molar-refractivity contribution in [3.05, 3.63) is 106 Å². The molecule has 2 aromatic heterocycles. The molecule has 38 heavy (non-hydrogen) atoms. The number of hydrogen-bond acceptors (Lipinski definition) is 3. The Bertz CT molecular complexity index is 1540. The molecule has 4 aromatic rings. The van der Waals surface area contributed by atoms with Gasteiger partial charge in [-0.25, -0.2) is 4.39 Å². The van der Waals surface area contributed by atoms with Gasteiger partial charge in [0.25, 0.3) is 5.56 Å². The Morgan fingerprint density at radius 3 is 2.71 bits per heavy atom. The lowest BCUT2D eigenvalue weighted by Crippen LogP contribution is -2.47. The third-order valence-corrected chi connectivity index (χ3v) is 8.08. The fourth-order valence-electron chi connectivity index (χ4n) is 5.89.